The third-order valence-corrected chi connectivity index (χ3v) is 4.76. The molecule has 1 aromatic carbocycles. The Morgan fingerprint density at radius 2 is 2.08 bits per heavy atom. The number of nitrogens with one attached hydrogen (secondary N) is 2. The van der Waals surface area contributed by atoms with Gasteiger partial charge in [0, 0.05) is 24.8 Å². The van der Waals surface area contributed by atoms with Gasteiger partial charge in [0.1, 0.15) is 5.82 Å². The predicted octanol–water partition coefficient (Wildman–Crippen LogP) is 3.06. The Kier molecular flexibility index (Phi) is 5.79. The Balaban J connectivity index is 1.62. The van der Waals surface area contributed by atoms with Crippen molar-refractivity contribution in [3.05, 3.63) is 35.5 Å². The summed E-state index contributed by atoms with van der Waals surface area (Å²) in [5, 5.41) is 6.59. The molecule has 1 radical (unpaired) electrons. The number of amides is 2. The summed E-state index contributed by atoms with van der Waals surface area (Å²) in [6.07, 6.45) is 4.89. The van der Waals surface area contributed by atoms with E-state index in [9.17, 15) is 9.18 Å². The van der Waals surface area contributed by atoms with Crippen molar-refractivity contribution in [2.45, 2.75) is 31.3 Å². The summed E-state index contributed by atoms with van der Waals surface area (Å²) < 4.78 is 18.6. The molecule has 131 valence electrons. The highest BCUT2D eigenvalue weighted by molar-refractivity contribution is 6.31. The van der Waals surface area contributed by atoms with Crippen LogP contribution in [0.25, 0.3) is 0 Å². The molecular weight excluding hydrogens is 333 g/mol. The van der Waals surface area contributed by atoms with E-state index >= 15 is 0 Å². The average Bonchev–Trinajstić information content (AvgIpc) is 2.60. The quantitative estimate of drug-likeness (QED) is 0.877. The minimum absolute atomic E-state index is 0.0224. The molecule has 1 saturated carbocycles. The lowest BCUT2D eigenvalue weighted by Gasteiger charge is -2.36. The predicted molar refractivity (Wildman–Crippen MR) is 91.7 cm³/mol. The van der Waals surface area contributed by atoms with E-state index in [-0.39, 0.29) is 23.1 Å². The van der Waals surface area contributed by atoms with Crippen LogP contribution in [-0.2, 0) is 4.74 Å². The van der Waals surface area contributed by atoms with Gasteiger partial charge in [-0.15, -0.1) is 0 Å². The summed E-state index contributed by atoms with van der Waals surface area (Å²) in [6.45, 7) is 2.41. The minimum Gasteiger partial charge on any atom is -0.380 e. The largest absolute Gasteiger partial charge is 0.380 e. The molecule has 2 fully saturated rings. The first-order valence-electron chi connectivity index (χ1n) is 8.30. The number of hydrogen-bond acceptors (Lipinski definition) is 3. The van der Waals surface area contributed by atoms with Gasteiger partial charge in [-0.3, -0.25) is 0 Å². The lowest BCUT2D eigenvalue weighted by molar-refractivity contribution is 0.0521. The van der Waals surface area contributed by atoms with Gasteiger partial charge in [0.2, 0.25) is 0 Å². The maximum absolute atomic E-state index is 13.3. The topological polar surface area (TPSA) is 53.6 Å². The zero-order valence-corrected chi connectivity index (χ0v) is 14.2. The molecule has 1 saturated heterocycles. The van der Waals surface area contributed by atoms with Crippen LogP contribution in [0.3, 0.4) is 0 Å². The van der Waals surface area contributed by atoms with Gasteiger partial charge >= 0.3 is 6.03 Å². The first-order valence-corrected chi connectivity index (χ1v) is 8.68. The molecule has 5 nitrogen and oxygen atoms in total. The standard InChI is InChI=1S/C17H22ClFN3O2/c18-13-11-12(5-6-14(13)19)20-15-3-1-2-4-16(15)21-17(23)22-7-9-24-10-8-22/h1,5-6,11,15-16,20H,2-4,7-10H2,(H,21,23). The van der Waals surface area contributed by atoms with Gasteiger partial charge < -0.3 is 20.3 Å². The zero-order chi connectivity index (χ0) is 16.9. The normalized spacial score (nSPS) is 24.5. The van der Waals surface area contributed by atoms with E-state index < -0.39 is 5.82 Å². The van der Waals surface area contributed by atoms with Crippen LogP contribution >= 0.6 is 11.6 Å². The molecule has 0 spiro atoms. The summed E-state index contributed by atoms with van der Waals surface area (Å²) in [4.78, 5) is 14.2. The van der Waals surface area contributed by atoms with E-state index in [4.69, 9.17) is 16.3 Å². The zero-order valence-electron chi connectivity index (χ0n) is 13.4. The van der Waals surface area contributed by atoms with Crippen molar-refractivity contribution in [3.8, 4) is 0 Å². The lowest BCUT2D eigenvalue weighted by atomic mass is 9.90. The van der Waals surface area contributed by atoms with Crippen LogP contribution in [-0.4, -0.2) is 49.3 Å². The van der Waals surface area contributed by atoms with Gasteiger partial charge in [-0.25, -0.2) is 9.18 Å². The van der Waals surface area contributed by atoms with Gasteiger partial charge in [0.25, 0.3) is 0 Å². The third-order valence-electron chi connectivity index (χ3n) is 4.47. The molecule has 1 aromatic rings. The number of morpholine rings is 1. The first kappa shape index (κ1) is 17.3. The van der Waals surface area contributed by atoms with Crippen LogP contribution in [0.1, 0.15) is 19.3 Å². The molecule has 2 amide bonds. The summed E-state index contributed by atoms with van der Waals surface area (Å²) in [5.74, 6) is -0.436. The van der Waals surface area contributed by atoms with Crippen molar-refractivity contribution in [2.24, 2.45) is 0 Å². The fraction of sp³-hybridized carbons (Fsp3) is 0.529. The Bertz CT molecular complexity index is 581. The van der Waals surface area contributed by atoms with Crippen LogP contribution < -0.4 is 10.6 Å². The van der Waals surface area contributed by atoms with Crippen molar-refractivity contribution in [1.82, 2.24) is 10.2 Å². The molecule has 0 bridgehead atoms. The summed E-state index contributed by atoms with van der Waals surface area (Å²) >= 11 is 5.84. The maximum atomic E-state index is 13.3. The molecule has 2 unspecified atom stereocenters. The number of nitrogens with zero attached hydrogens (tertiary/aromatic N) is 1. The van der Waals surface area contributed by atoms with E-state index in [0.717, 1.165) is 24.9 Å². The second-order valence-electron chi connectivity index (χ2n) is 6.14. The van der Waals surface area contributed by atoms with Crippen molar-refractivity contribution in [3.63, 3.8) is 0 Å². The van der Waals surface area contributed by atoms with Gasteiger partial charge in [0.15, 0.2) is 0 Å². The van der Waals surface area contributed by atoms with E-state index in [0.29, 0.717) is 26.3 Å². The number of ether oxygens (including phenoxy) is 1. The summed E-state index contributed by atoms with van der Waals surface area (Å²) in [7, 11) is 0. The summed E-state index contributed by atoms with van der Waals surface area (Å²) in [5.41, 5.74) is 0.757. The molecule has 7 heteroatoms. The number of rotatable bonds is 3. The Labute approximate surface area is 146 Å². The highest BCUT2D eigenvalue weighted by Crippen LogP contribution is 2.25. The SMILES string of the molecule is O=C(NC1CC[CH]CC1Nc1ccc(F)c(Cl)c1)N1CCOCC1. The molecule has 3 rings (SSSR count). The summed E-state index contributed by atoms with van der Waals surface area (Å²) in [6, 6.07) is 4.62. The Hall–Kier alpha value is -1.53. The molecule has 1 aliphatic heterocycles. The number of carbonyl (C=O) groups excluding carboxylic acids is 1. The second kappa shape index (κ2) is 8.03. The van der Waals surface area contributed by atoms with Crippen LogP contribution in [0, 0.1) is 12.2 Å². The van der Waals surface area contributed by atoms with Gasteiger partial charge in [-0.2, -0.15) is 0 Å². The Morgan fingerprint density at radius 1 is 1.29 bits per heavy atom. The molecule has 2 N–H and O–H groups in total. The van der Waals surface area contributed by atoms with Crippen molar-refractivity contribution in [2.75, 3.05) is 31.6 Å². The first-order chi connectivity index (χ1) is 11.6. The van der Waals surface area contributed by atoms with Crippen molar-refractivity contribution in [1.29, 1.82) is 0 Å². The fourth-order valence-corrected chi connectivity index (χ4v) is 3.29. The van der Waals surface area contributed by atoms with E-state index in [2.05, 4.69) is 17.1 Å². The maximum Gasteiger partial charge on any atom is 0.317 e. The number of halogens is 2. The minimum atomic E-state index is -0.436. The van der Waals surface area contributed by atoms with Crippen molar-refractivity contribution >= 4 is 23.3 Å². The smallest absolute Gasteiger partial charge is 0.317 e. The number of hydrogen-bond donors (Lipinski definition) is 2. The number of carbonyl (C=O) groups is 1. The molecular formula is C17H22ClFN3O2. The van der Waals surface area contributed by atoms with Crippen LogP contribution in [0.15, 0.2) is 18.2 Å². The fourth-order valence-electron chi connectivity index (χ4n) is 3.11. The van der Waals surface area contributed by atoms with Gasteiger partial charge in [-0.05, 0) is 43.9 Å². The molecule has 2 atom stereocenters. The highest BCUT2D eigenvalue weighted by Gasteiger charge is 2.28. The molecule has 1 aliphatic carbocycles. The lowest BCUT2D eigenvalue weighted by Crippen LogP contribution is -2.54. The number of urea groups is 1. The van der Waals surface area contributed by atoms with E-state index in [1.807, 2.05) is 0 Å². The van der Waals surface area contributed by atoms with Crippen LogP contribution in [0.2, 0.25) is 5.02 Å². The monoisotopic (exact) mass is 354 g/mol. The van der Waals surface area contributed by atoms with Crippen molar-refractivity contribution < 1.29 is 13.9 Å². The van der Waals surface area contributed by atoms with Crippen LogP contribution in [0.5, 0.6) is 0 Å². The van der Waals surface area contributed by atoms with Crippen LogP contribution in [0.4, 0.5) is 14.9 Å². The van der Waals surface area contributed by atoms with Gasteiger partial charge in [-0.1, -0.05) is 11.6 Å². The third kappa shape index (κ3) is 4.30. The molecule has 2 aliphatic rings. The van der Waals surface area contributed by atoms with E-state index in [1.54, 1.807) is 17.0 Å². The molecule has 0 aromatic heterocycles. The second-order valence-corrected chi connectivity index (χ2v) is 6.54. The molecule has 1 heterocycles. The van der Waals surface area contributed by atoms with Gasteiger partial charge in [0.05, 0.1) is 24.3 Å². The Morgan fingerprint density at radius 3 is 2.83 bits per heavy atom. The highest BCUT2D eigenvalue weighted by atomic mass is 35.5. The number of benzene rings is 1. The van der Waals surface area contributed by atoms with E-state index in [1.165, 1.54) is 6.07 Å². The number of anilines is 1. The average molecular weight is 355 g/mol. The molecule has 24 heavy (non-hydrogen) atoms.